The Morgan fingerprint density at radius 3 is 2.47 bits per heavy atom. The average molecular weight is 259 g/mol. The smallest absolute Gasteiger partial charge is 0.153 e. The maximum Gasteiger partial charge on any atom is 0.153 e. The van der Waals surface area contributed by atoms with Crippen LogP contribution < -0.4 is 5.32 Å². The highest BCUT2D eigenvalue weighted by molar-refractivity contribution is 5.72. The largest absolute Gasteiger partial charge is 0.368 e. The highest BCUT2D eigenvalue weighted by Gasteiger charge is 2.14. The maximum absolute atomic E-state index is 13.9. The molecule has 0 aliphatic carbocycles. The van der Waals surface area contributed by atoms with Crippen LogP contribution in [0.15, 0.2) is 24.3 Å². The van der Waals surface area contributed by atoms with Crippen LogP contribution in [0, 0.1) is 19.7 Å². The van der Waals surface area contributed by atoms with E-state index in [4.69, 9.17) is 0 Å². The van der Waals surface area contributed by atoms with E-state index < -0.39 is 0 Å². The second-order valence-electron chi connectivity index (χ2n) is 4.50. The van der Waals surface area contributed by atoms with Crippen molar-refractivity contribution in [3.05, 3.63) is 41.5 Å². The molecule has 0 amide bonds. The quantitative estimate of drug-likeness (QED) is 0.909. The van der Waals surface area contributed by atoms with E-state index in [1.165, 1.54) is 6.07 Å². The molecule has 0 radical (unpaired) electrons. The molecular formula is C15H18FN3. The molecule has 2 rings (SSSR count). The fourth-order valence-electron chi connectivity index (χ4n) is 1.81. The number of hydrogen-bond acceptors (Lipinski definition) is 3. The van der Waals surface area contributed by atoms with E-state index in [2.05, 4.69) is 22.2 Å². The summed E-state index contributed by atoms with van der Waals surface area (Å²) in [6.45, 7) is 6.66. The fourth-order valence-corrected chi connectivity index (χ4v) is 1.81. The molecule has 1 aromatic carbocycles. The Bertz CT molecular complexity index is 582. The molecule has 0 aliphatic heterocycles. The SMILES string of the molecule is CCCNc1nc(C)c(C)nc1-c1ccccc1F. The van der Waals surface area contributed by atoms with E-state index in [0.717, 1.165) is 24.4 Å². The van der Waals surface area contributed by atoms with Gasteiger partial charge in [-0.3, -0.25) is 0 Å². The van der Waals surface area contributed by atoms with Gasteiger partial charge in [0.25, 0.3) is 0 Å². The van der Waals surface area contributed by atoms with Gasteiger partial charge in [0, 0.05) is 12.1 Å². The summed E-state index contributed by atoms with van der Waals surface area (Å²) in [5.74, 6) is 0.370. The van der Waals surface area contributed by atoms with Crippen molar-refractivity contribution in [2.75, 3.05) is 11.9 Å². The van der Waals surface area contributed by atoms with Crippen LogP contribution in [0.3, 0.4) is 0 Å². The molecular weight excluding hydrogens is 241 g/mol. The van der Waals surface area contributed by atoms with Crippen molar-refractivity contribution in [2.24, 2.45) is 0 Å². The lowest BCUT2D eigenvalue weighted by atomic mass is 10.1. The summed E-state index contributed by atoms with van der Waals surface area (Å²) in [5.41, 5.74) is 2.74. The molecule has 1 aromatic heterocycles. The molecule has 1 N–H and O–H groups in total. The highest BCUT2D eigenvalue weighted by atomic mass is 19.1. The van der Waals surface area contributed by atoms with Gasteiger partial charge in [-0.15, -0.1) is 0 Å². The third-order valence-corrected chi connectivity index (χ3v) is 2.98. The number of halogens is 1. The van der Waals surface area contributed by atoms with Crippen molar-refractivity contribution in [3.8, 4) is 11.3 Å². The van der Waals surface area contributed by atoms with E-state index in [0.29, 0.717) is 17.1 Å². The highest BCUT2D eigenvalue weighted by Crippen LogP contribution is 2.27. The van der Waals surface area contributed by atoms with Gasteiger partial charge in [0.2, 0.25) is 0 Å². The third kappa shape index (κ3) is 2.89. The lowest BCUT2D eigenvalue weighted by molar-refractivity contribution is 0.630. The first kappa shape index (κ1) is 13.5. The Morgan fingerprint density at radius 2 is 1.79 bits per heavy atom. The number of benzene rings is 1. The van der Waals surface area contributed by atoms with Crippen LogP contribution in [-0.2, 0) is 0 Å². The average Bonchev–Trinajstić information content (AvgIpc) is 2.40. The van der Waals surface area contributed by atoms with Gasteiger partial charge < -0.3 is 5.32 Å². The molecule has 2 aromatic rings. The summed E-state index contributed by atoms with van der Waals surface area (Å²) < 4.78 is 13.9. The first-order valence-electron chi connectivity index (χ1n) is 6.47. The predicted molar refractivity (Wildman–Crippen MR) is 75.7 cm³/mol. The first-order valence-corrected chi connectivity index (χ1v) is 6.47. The van der Waals surface area contributed by atoms with Crippen LogP contribution in [0.5, 0.6) is 0 Å². The van der Waals surface area contributed by atoms with Gasteiger partial charge in [-0.1, -0.05) is 19.1 Å². The second kappa shape index (κ2) is 5.78. The molecule has 0 saturated carbocycles. The van der Waals surface area contributed by atoms with Gasteiger partial charge in [0.1, 0.15) is 11.5 Å². The van der Waals surface area contributed by atoms with Crippen molar-refractivity contribution in [3.63, 3.8) is 0 Å². The van der Waals surface area contributed by atoms with Crippen LogP contribution in [0.4, 0.5) is 10.2 Å². The molecule has 4 heteroatoms. The zero-order chi connectivity index (χ0) is 13.8. The standard InChI is InChI=1S/C15H18FN3/c1-4-9-17-15-14(18-10(2)11(3)19-15)12-7-5-6-8-13(12)16/h5-8H,4,9H2,1-3H3,(H,17,19). The zero-order valence-corrected chi connectivity index (χ0v) is 11.5. The monoisotopic (exact) mass is 259 g/mol. The first-order chi connectivity index (χ1) is 9.13. The van der Waals surface area contributed by atoms with Crippen LogP contribution in [0.1, 0.15) is 24.7 Å². The van der Waals surface area contributed by atoms with Crippen molar-refractivity contribution < 1.29 is 4.39 Å². The molecule has 3 nitrogen and oxygen atoms in total. The minimum absolute atomic E-state index is 0.278. The van der Waals surface area contributed by atoms with Crippen molar-refractivity contribution in [1.82, 2.24) is 9.97 Å². The summed E-state index contributed by atoms with van der Waals surface area (Å²) in [6, 6.07) is 6.65. The Morgan fingerprint density at radius 1 is 1.11 bits per heavy atom. The molecule has 0 atom stereocenters. The molecule has 1 heterocycles. The van der Waals surface area contributed by atoms with Gasteiger partial charge in [-0.25, -0.2) is 14.4 Å². The second-order valence-corrected chi connectivity index (χ2v) is 4.50. The summed E-state index contributed by atoms with van der Waals surface area (Å²) in [7, 11) is 0. The molecule has 0 aliphatic rings. The Balaban J connectivity index is 2.54. The molecule has 19 heavy (non-hydrogen) atoms. The Kier molecular flexibility index (Phi) is 4.10. The third-order valence-electron chi connectivity index (χ3n) is 2.98. The Labute approximate surface area is 112 Å². The van der Waals surface area contributed by atoms with Gasteiger partial charge >= 0.3 is 0 Å². The van der Waals surface area contributed by atoms with Crippen LogP contribution in [0.2, 0.25) is 0 Å². The van der Waals surface area contributed by atoms with Crippen molar-refractivity contribution in [1.29, 1.82) is 0 Å². The fraction of sp³-hybridized carbons (Fsp3) is 0.333. The number of aryl methyl sites for hydroxylation is 2. The van der Waals surface area contributed by atoms with E-state index in [1.807, 2.05) is 13.8 Å². The molecule has 0 spiro atoms. The van der Waals surface area contributed by atoms with E-state index in [-0.39, 0.29) is 5.82 Å². The molecule has 0 unspecified atom stereocenters. The maximum atomic E-state index is 13.9. The number of rotatable bonds is 4. The summed E-state index contributed by atoms with van der Waals surface area (Å²) >= 11 is 0. The van der Waals surface area contributed by atoms with E-state index >= 15 is 0 Å². The topological polar surface area (TPSA) is 37.8 Å². The normalized spacial score (nSPS) is 10.5. The summed E-state index contributed by atoms with van der Waals surface area (Å²) in [4.78, 5) is 8.98. The summed E-state index contributed by atoms with van der Waals surface area (Å²) in [6.07, 6.45) is 0.977. The van der Waals surface area contributed by atoms with Crippen LogP contribution in [0.25, 0.3) is 11.3 Å². The minimum atomic E-state index is -0.278. The number of anilines is 1. The zero-order valence-electron chi connectivity index (χ0n) is 11.5. The van der Waals surface area contributed by atoms with Crippen LogP contribution >= 0.6 is 0 Å². The van der Waals surface area contributed by atoms with Crippen molar-refractivity contribution >= 4 is 5.82 Å². The summed E-state index contributed by atoms with van der Waals surface area (Å²) in [5, 5.41) is 3.22. The van der Waals surface area contributed by atoms with Gasteiger partial charge in [0.05, 0.1) is 11.4 Å². The number of hydrogen-bond donors (Lipinski definition) is 1. The Hall–Kier alpha value is -1.97. The molecule has 0 bridgehead atoms. The number of aromatic nitrogens is 2. The molecule has 100 valence electrons. The molecule has 0 fully saturated rings. The molecule has 0 saturated heterocycles. The van der Waals surface area contributed by atoms with Crippen molar-refractivity contribution in [2.45, 2.75) is 27.2 Å². The van der Waals surface area contributed by atoms with Crippen LogP contribution in [-0.4, -0.2) is 16.5 Å². The van der Waals surface area contributed by atoms with E-state index in [1.54, 1.807) is 18.2 Å². The van der Waals surface area contributed by atoms with Gasteiger partial charge in [0.15, 0.2) is 5.82 Å². The minimum Gasteiger partial charge on any atom is -0.368 e. The number of nitrogens with zero attached hydrogens (tertiary/aromatic N) is 2. The van der Waals surface area contributed by atoms with E-state index in [9.17, 15) is 4.39 Å². The lowest BCUT2D eigenvalue weighted by Crippen LogP contribution is -2.08. The van der Waals surface area contributed by atoms with Gasteiger partial charge in [-0.05, 0) is 32.4 Å². The number of nitrogens with one attached hydrogen (secondary N) is 1. The van der Waals surface area contributed by atoms with Gasteiger partial charge in [-0.2, -0.15) is 0 Å². The predicted octanol–water partition coefficient (Wildman–Crippen LogP) is 3.72. The lowest BCUT2D eigenvalue weighted by Gasteiger charge is -2.13.